The fraction of sp³-hybridized carbons (Fsp3) is 0.333. The van der Waals surface area contributed by atoms with Crippen LogP contribution in [0, 0.1) is 0 Å². The average molecular weight is 260 g/mol. The predicted molar refractivity (Wildman–Crippen MR) is 80.5 cm³/mol. The zero-order valence-electron chi connectivity index (χ0n) is 10.8. The van der Waals surface area contributed by atoms with Gasteiger partial charge in [0.15, 0.2) is 0 Å². The van der Waals surface area contributed by atoms with E-state index in [0.29, 0.717) is 0 Å². The van der Waals surface area contributed by atoms with E-state index in [1.54, 1.807) is 0 Å². The molecule has 1 heterocycles. The first-order valence-corrected chi connectivity index (χ1v) is 7.22. The first-order chi connectivity index (χ1) is 8.84. The zero-order chi connectivity index (χ0) is 12.6. The molecule has 1 aromatic heterocycles. The molecule has 0 saturated carbocycles. The molecule has 2 rings (SSSR count). The van der Waals surface area contributed by atoms with Crippen molar-refractivity contribution in [1.29, 1.82) is 0 Å². The second-order valence-electron chi connectivity index (χ2n) is 4.43. The van der Waals surface area contributed by atoms with Crippen LogP contribution in [0.15, 0.2) is 47.8 Å². The maximum Gasteiger partial charge on any atom is 0.0340 e. The van der Waals surface area contributed by atoms with Gasteiger partial charge in [-0.25, -0.2) is 0 Å². The third-order valence-electron chi connectivity index (χ3n) is 2.92. The third kappa shape index (κ3) is 4.51. The van der Waals surface area contributed by atoms with Gasteiger partial charge >= 0.3 is 0 Å². The van der Waals surface area contributed by atoms with Crippen LogP contribution < -0.4 is 5.32 Å². The minimum absolute atomic E-state index is 0.991. The highest BCUT2D eigenvalue weighted by Crippen LogP contribution is 2.09. The van der Waals surface area contributed by atoms with E-state index in [1.165, 1.54) is 10.6 Å². The summed E-state index contributed by atoms with van der Waals surface area (Å²) in [6.07, 6.45) is 1.15. The number of likely N-dealkylation sites (N-methyl/N-ethyl adjacent to an activating group) is 1. The maximum atomic E-state index is 3.43. The predicted octanol–water partition coefficient (Wildman–Crippen LogP) is 3.33. The van der Waals surface area contributed by atoms with Crippen molar-refractivity contribution in [3.05, 3.63) is 52.7 Å². The number of hydrogen-bond acceptors (Lipinski definition) is 3. The van der Waals surface area contributed by atoms with Gasteiger partial charge in [0, 0.05) is 30.2 Å². The fourth-order valence-corrected chi connectivity index (χ4v) is 2.51. The average Bonchev–Trinajstić information content (AvgIpc) is 2.91. The lowest BCUT2D eigenvalue weighted by Gasteiger charge is -2.16. The molecular formula is C15H20N2S. The highest BCUT2D eigenvalue weighted by atomic mass is 32.1. The summed E-state index contributed by atoms with van der Waals surface area (Å²) in [6.45, 7) is 3.18. The lowest BCUT2D eigenvalue weighted by atomic mass is 10.3. The van der Waals surface area contributed by atoms with Crippen molar-refractivity contribution in [3.63, 3.8) is 0 Å². The van der Waals surface area contributed by atoms with Crippen LogP contribution in [-0.4, -0.2) is 31.6 Å². The van der Waals surface area contributed by atoms with Crippen molar-refractivity contribution in [3.8, 4) is 0 Å². The van der Waals surface area contributed by atoms with Gasteiger partial charge in [0.05, 0.1) is 0 Å². The molecule has 0 atom stereocenters. The molecule has 0 aliphatic heterocycles. The summed E-state index contributed by atoms with van der Waals surface area (Å²) < 4.78 is 0. The number of rotatable bonds is 7. The van der Waals surface area contributed by atoms with E-state index in [1.807, 2.05) is 17.4 Å². The Labute approximate surface area is 113 Å². The second-order valence-corrected chi connectivity index (χ2v) is 5.46. The molecule has 0 aliphatic carbocycles. The van der Waals surface area contributed by atoms with Gasteiger partial charge in [-0.05, 0) is 37.0 Å². The molecule has 0 radical (unpaired) electrons. The van der Waals surface area contributed by atoms with Crippen molar-refractivity contribution >= 4 is 17.0 Å². The number of para-hydroxylation sites is 1. The summed E-state index contributed by atoms with van der Waals surface area (Å²) in [6, 6.07) is 14.7. The van der Waals surface area contributed by atoms with E-state index < -0.39 is 0 Å². The van der Waals surface area contributed by atoms with Gasteiger partial charge in [0.1, 0.15) is 0 Å². The third-order valence-corrected chi connectivity index (χ3v) is 3.85. The van der Waals surface area contributed by atoms with Gasteiger partial charge in [-0.1, -0.05) is 24.3 Å². The Bertz CT molecular complexity index is 425. The molecule has 18 heavy (non-hydrogen) atoms. The monoisotopic (exact) mass is 260 g/mol. The first-order valence-electron chi connectivity index (χ1n) is 6.34. The van der Waals surface area contributed by atoms with E-state index >= 15 is 0 Å². The molecule has 0 bridgehead atoms. The molecule has 96 valence electrons. The molecule has 3 heteroatoms. The minimum atomic E-state index is 0.991. The standard InChI is InChI=1S/C15H20N2S/c1-17(11-9-15-8-5-13-18-15)12-10-16-14-6-3-2-4-7-14/h2-8,13,16H,9-12H2,1H3. The van der Waals surface area contributed by atoms with E-state index in [0.717, 1.165) is 26.1 Å². The second kappa shape index (κ2) is 7.19. The fourth-order valence-electron chi connectivity index (χ4n) is 1.81. The van der Waals surface area contributed by atoms with Crippen LogP contribution in [0.5, 0.6) is 0 Å². The first kappa shape index (κ1) is 13.1. The van der Waals surface area contributed by atoms with Gasteiger partial charge in [-0.2, -0.15) is 0 Å². The van der Waals surface area contributed by atoms with Crippen molar-refractivity contribution in [1.82, 2.24) is 4.90 Å². The molecule has 0 spiro atoms. The van der Waals surface area contributed by atoms with Gasteiger partial charge in [-0.15, -0.1) is 11.3 Å². The SMILES string of the molecule is CN(CCNc1ccccc1)CCc1cccs1. The molecule has 1 aromatic carbocycles. The van der Waals surface area contributed by atoms with Crippen molar-refractivity contribution in [2.24, 2.45) is 0 Å². The van der Waals surface area contributed by atoms with E-state index in [-0.39, 0.29) is 0 Å². The molecule has 2 aromatic rings. The normalized spacial score (nSPS) is 10.8. The molecule has 0 unspecified atom stereocenters. The Morgan fingerprint density at radius 1 is 1.06 bits per heavy atom. The summed E-state index contributed by atoms with van der Waals surface area (Å²) >= 11 is 1.84. The highest BCUT2D eigenvalue weighted by molar-refractivity contribution is 7.09. The van der Waals surface area contributed by atoms with Crippen molar-refractivity contribution < 1.29 is 0 Å². The topological polar surface area (TPSA) is 15.3 Å². The maximum absolute atomic E-state index is 3.43. The molecule has 1 N–H and O–H groups in total. The van der Waals surface area contributed by atoms with Crippen LogP contribution in [0.4, 0.5) is 5.69 Å². The Kier molecular flexibility index (Phi) is 5.24. The van der Waals surface area contributed by atoms with Gasteiger partial charge < -0.3 is 10.2 Å². The quantitative estimate of drug-likeness (QED) is 0.821. The lowest BCUT2D eigenvalue weighted by Crippen LogP contribution is -2.27. The van der Waals surface area contributed by atoms with Crippen LogP contribution in [0.1, 0.15) is 4.88 Å². The van der Waals surface area contributed by atoms with Crippen LogP contribution in [0.3, 0.4) is 0 Å². The summed E-state index contributed by atoms with van der Waals surface area (Å²) in [7, 11) is 2.18. The van der Waals surface area contributed by atoms with Crippen molar-refractivity contribution in [2.45, 2.75) is 6.42 Å². The Balaban J connectivity index is 1.61. The Hall–Kier alpha value is -1.32. The summed E-state index contributed by atoms with van der Waals surface area (Å²) in [4.78, 5) is 3.84. The number of benzene rings is 1. The van der Waals surface area contributed by atoms with Gasteiger partial charge in [0.2, 0.25) is 0 Å². The Morgan fingerprint density at radius 3 is 2.61 bits per heavy atom. The van der Waals surface area contributed by atoms with E-state index in [2.05, 4.69) is 59.0 Å². The summed E-state index contributed by atoms with van der Waals surface area (Å²) in [5, 5.41) is 5.57. The zero-order valence-corrected chi connectivity index (χ0v) is 11.6. The van der Waals surface area contributed by atoms with Gasteiger partial charge in [0.25, 0.3) is 0 Å². The molecule has 2 nitrogen and oxygen atoms in total. The van der Waals surface area contributed by atoms with E-state index in [9.17, 15) is 0 Å². The molecule has 0 amide bonds. The number of anilines is 1. The molecular weight excluding hydrogens is 240 g/mol. The summed E-state index contributed by atoms with van der Waals surface area (Å²) in [5.74, 6) is 0. The minimum Gasteiger partial charge on any atom is -0.384 e. The number of nitrogens with zero attached hydrogens (tertiary/aromatic N) is 1. The van der Waals surface area contributed by atoms with Crippen LogP contribution in [-0.2, 0) is 6.42 Å². The number of nitrogens with one attached hydrogen (secondary N) is 1. The summed E-state index contributed by atoms with van der Waals surface area (Å²) in [5.41, 5.74) is 1.20. The van der Waals surface area contributed by atoms with Crippen LogP contribution in [0.25, 0.3) is 0 Å². The largest absolute Gasteiger partial charge is 0.384 e. The molecule has 0 saturated heterocycles. The number of hydrogen-bond donors (Lipinski definition) is 1. The van der Waals surface area contributed by atoms with Crippen LogP contribution >= 0.6 is 11.3 Å². The van der Waals surface area contributed by atoms with Crippen molar-refractivity contribution in [2.75, 3.05) is 32.0 Å². The van der Waals surface area contributed by atoms with Crippen LogP contribution in [0.2, 0.25) is 0 Å². The number of thiophene rings is 1. The highest BCUT2D eigenvalue weighted by Gasteiger charge is 2.00. The Morgan fingerprint density at radius 2 is 1.89 bits per heavy atom. The lowest BCUT2D eigenvalue weighted by molar-refractivity contribution is 0.352. The van der Waals surface area contributed by atoms with Gasteiger partial charge in [-0.3, -0.25) is 0 Å². The molecule has 0 aliphatic rings. The van der Waals surface area contributed by atoms with E-state index in [4.69, 9.17) is 0 Å². The molecule has 0 fully saturated rings. The smallest absolute Gasteiger partial charge is 0.0340 e.